The predicted molar refractivity (Wildman–Crippen MR) is 57.6 cm³/mol. The molecule has 1 rings (SSSR count). The zero-order chi connectivity index (χ0) is 12.0. The van der Waals surface area contributed by atoms with Gasteiger partial charge in [-0.25, -0.2) is 4.79 Å². The number of hydrogen-bond acceptors (Lipinski definition) is 4. The summed E-state index contributed by atoms with van der Waals surface area (Å²) in [6.07, 6.45) is 2.70. The predicted octanol–water partition coefficient (Wildman–Crippen LogP) is 1.78. The van der Waals surface area contributed by atoms with E-state index in [4.69, 9.17) is 0 Å². The lowest BCUT2D eigenvalue weighted by Gasteiger charge is -1.96. The summed E-state index contributed by atoms with van der Waals surface area (Å²) in [6, 6.07) is 6.21. The molecule has 0 aliphatic heterocycles. The van der Waals surface area contributed by atoms with Crippen LogP contribution >= 0.6 is 0 Å². The van der Waals surface area contributed by atoms with Crippen LogP contribution in [0.4, 0.5) is 0 Å². The van der Waals surface area contributed by atoms with Crippen LogP contribution in [0.15, 0.2) is 35.5 Å². The fourth-order valence-electron chi connectivity index (χ4n) is 1.06. The minimum Gasteiger partial charge on any atom is -0.466 e. The Bertz CT molecular complexity index is 451. The van der Waals surface area contributed by atoms with Crippen molar-refractivity contribution in [3.05, 3.63) is 46.4 Å². The zero-order valence-corrected chi connectivity index (χ0v) is 8.54. The summed E-state index contributed by atoms with van der Waals surface area (Å²) in [6.45, 7) is 0. The molecule has 16 heavy (non-hydrogen) atoms. The number of esters is 1. The van der Waals surface area contributed by atoms with E-state index in [-0.39, 0.29) is 5.56 Å². The zero-order valence-electron chi connectivity index (χ0n) is 8.54. The van der Waals surface area contributed by atoms with Crippen molar-refractivity contribution in [2.75, 3.05) is 7.11 Å². The first-order valence-corrected chi connectivity index (χ1v) is 4.41. The Morgan fingerprint density at radius 1 is 1.38 bits per heavy atom. The number of methoxy groups -OCH3 is 1. The Morgan fingerprint density at radius 2 is 2.12 bits per heavy atom. The van der Waals surface area contributed by atoms with Gasteiger partial charge in [-0.2, -0.15) is 0 Å². The van der Waals surface area contributed by atoms with Gasteiger partial charge in [0, 0.05) is 16.8 Å². The molecule has 0 bridgehead atoms. The highest BCUT2D eigenvalue weighted by atomic mass is 16.5. The molecule has 0 saturated carbocycles. The van der Waals surface area contributed by atoms with Gasteiger partial charge in [0.15, 0.2) is 0 Å². The highest BCUT2D eigenvalue weighted by molar-refractivity contribution is 5.95. The van der Waals surface area contributed by atoms with Gasteiger partial charge in [0.1, 0.15) is 0 Å². The standard InChI is InChI=1S/C11H9NO4/c1-16-10(13)6-5-8-3-2-4-9(7-8)11(14)12-15/h2-7H,1H3/b6-5+. The van der Waals surface area contributed by atoms with Crippen molar-refractivity contribution in [3.8, 4) is 0 Å². The number of nitrogens with zero attached hydrogens (tertiary/aromatic N) is 1. The van der Waals surface area contributed by atoms with Gasteiger partial charge in [-0.3, -0.25) is 4.79 Å². The van der Waals surface area contributed by atoms with Crippen molar-refractivity contribution in [1.29, 1.82) is 0 Å². The van der Waals surface area contributed by atoms with Crippen LogP contribution in [0.2, 0.25) is 0 Å². The quantitative estimate of drug-likeness (QED) is 0.441. The minimum atomic E-state index is -0.840. The molecule has 0 atom stereocenters. The summed E-state index contributed by atoms with van der Waals surface area (Å²) in [5.41, 5.74) is 0.793. The number of carbonyl (C=O) groups excluding carboxylic acids is 2. The van der Waals surface area contributed by atoms with E-state index in [1.54, 1.807) is 12.1 Å². The van der Waals surface area contributed by atoms with E-state index in [0.717, 1.165) is 0 Å². The SMILES string of the molecule is COC(=O)/C=C/c1cccc(C(=O)N=O)c1. The summed E-state index contributed by atoms with van der Waals surface area (Å²) >= 11 is 0. The second kappa shape index (κ2) is 5.55. The topological polar surface area (TPSA) is 72.8 Å². The Kier molecular flexibility index (Phi) is 4.08. The molecule has 0 saturated heterocycles. The molecule has 0 fully saturated rings. The molecule has 0 N–H and O–H groups in total. The van der Waals surface area contributed by atoms with Gasteiger partial charge >= 0.3 is 11.9 Å². The fourth-order valence-corrected chi connectivity index (χ4v) is 1.06. The molecule has 1 aromatic rings. The van der Waals surface area contributed by atoms with Crippen molar-refractivity contribution in [2.45, 2.75) is 0 Å². The molecule has 1 aromatic carbocycles. The number of benzene rings is 1. The lowest BCUT2D eigenvalue weighted by molar-refractivity contribution is -0.134. The lowest BCUT2D eigenvalue weighted by Crippen LogP contribution is -1.95. The first-order chi connectivity index (χ1) is 7.67. The molecule has 0 spiro atoms. The number of rotatable bonds is 3. The molecule has 0 heterocycles. The smallest absolute Gasteiger partial charge is 0.330 e. The minimum absolute atomic E-state index is 0.182. The Labute approximate surface area is 91.7 Å². The molecule has 0 aromatic heterocycles. The summed E-state index contributed by atoms with van der Waals surface area (Å²) in [7, 11) is 1.27. The van der Waals surface area contributed by atoms with Crippen LogP contribution in [-0.2, 0) is 9.53 Å². The molecular weight excluding hydrogens is 210 g/mol. The third-order valence-electron chi connectivity index (χ3n) is 1.83. The molecule has 0 aliphatic carbocycles. The van der Waals surface area contributed by atoms with Gasteiger partial charge in [-0.05, 0) is 23.8 Å². The molecule has 5 heteroatoms. The lowest BCUT2D eigenvalue weighted by atomic mass is 10.1. The maximum absolute atomic E-state index is 11.0. The highest BCUT2D eigenvalue weighted by Gasteiger charge is 2.04. The van der Waals surface area contributed by atoms with Crippen LogP contribution in [-0.4, -0.2) is 19.0 Å². The molecule has 5 nitrogen and oxygen atoms in total. The number of ether oxygens (including phenoxy) is 1. The van der Waals surface area contributed by atoms with E-state index in [1.165, 1.54) is 31.4 Å². The maximum Gasteiger partial charge on any atom is 0.330 e. The monoisotopic (exact) mass is 219 g/mol. The summed E-state index contributed by atoms with van der Waals surface area (Å²) in [5.74, 6) is -1.33. The molecule has 0 unspecified atom stereocenters. The second-order valence-corrected chi connectivity index (χ2v) is 2.88. The first kappa shape index (κ1) is 11.8. The van der Waals surface area contributed by atoms with Gasteiger partial charge in [0.05, 0.1) is 7.11 Å². The van der Waals surface area contributed by atoms with E-state index in [9.17, 15) is 14.5 Å². The number of nitroso groups, excluding NO2 is 1. The third kappa shape index (κ3) is 3.13. The summed E-state index contributed by atoms with van der Waals surface area (Å²) < 4.78 is 4.41. The van der Waals surface area contributed by atoms with Crippen LogP contribution in [0.5, 0.6) is 0 Å². The summed E-state index contributed by atoms with van der Waals surface area (Å²) in [5, 5.41) is 2.31. The van der Waals surface area contributed by atoms with Crippen molar-refractivity contribution in [3.63, 3.8) is 0 Å². The van der Waals surface area contributed by atoms with Crippen molar-refractivity contribution in [1.82, 2.24) is 0 Å². The van der Waals surface area contributed by atoms with Crippen LogP contribution in [0.1, 0.15) is 15.9 Å². The molecule has 82 valence electrons. The normalized spacial score (nSPS) is 10.1. The van der Waals surface area contributed by atoms with E-state index >= 15 is 0 Å². The Hall–Kier alpha value is -2.30. The van der Waals surface area contributed by atoms with E-state index in [0.29, 0.717) is 5.56 Å². The summed E-state index contributed by atoms with van der Waals surface area (Å²) in [4.78, 5) is 31.8. The van der Waals surface area contributed by atoms with E-state index in [2.05, 4.69) is 9.91 Å². The number of hydrogen-bond donors (Lipinski definition) is 0. The molecule has 0 aliphatic rings. The van der Waals surface area contributed by atoms with Gasteiger partial charge in [-0.15, -0.1) is 4.91 Å². The Balaban J connectivity index is 2.90. The van der Waals surface area contributed by atoms with Crippen LogP contribution in [0.3, 0.4) is 0 Å². The van der Waals surface area contributed by atoms with Crippen LogP contribution in [0.25, 0.3) is 6.08 Å². The van der Waals surface area contributed by atoms with Gasteiger partial charge in [-0.1, -0.05) is 12.1 Å². The largest absolute Gasteiger partial charge is 0.466 e. The average molecular weight is 219 g/mol. The molecular formula is C11H9NO4. The number of carbonyl (C=O) groups is 2. The second-order valence-electron chi connectivity index (χ2n) is 2.88. The molecule has 1 amide bonds. The van der Waals surface area contributed by atoms with E-state index in [1.807, 2.05) is 0 Å². The van der Waals surface area contributed by atoms with Crippen molar-refractivity contribution >= 4 is 18.0 Å². The van der Waals surface area contributed by atoms with Gasteiger partial charge in [0.2, 0.25) is 0 Å². The number of amides is 1. The van der Waals surface area contributed by atoms with Gasteiger partial charge < -0.3 is 4.74 Å². The molecule has 0 radical (unpaired) electrons. The average Bonchev–Trinajstić information content (AvgIpc) is 2.35. The van der Waals surface area contributed by atoms with Crippen molar-refractivity contribution < 1.29 is 14.3 Å². The third-order valence-corrected chi connectivity index (χ3v) is 1.83. The maximum atomic E-state index is 11.0. The van der Waals surface area contributed by atoms with Crippen molar-refractivity contribution in [2.24, 2.45) is 5.18 Å². The first-order valence-electron chi connectivity index (χ1n) is 4.41. The highest BCUT2D eigenvalue weighted by Crippen LogP contribution is 2.08. The van der Waals surface area contributed by atoms with Crippen LogP contribution in [0, 0.1) is 4.91 Å². The van der Waals surface area contributed by atoms with Gasteiger partial charge in [0.25, 0.3) is 0 Å². The van der Waals surface area contributed by atoms with E-state index < -0.39 is 11.9 Å². The van der Waals surface area contributed by atoms with Crippen LogP contribution < -0.4 is 0 Å². The Morgan fingerprint density at radius 3 is 2.75 bits per heavy atom. The fraction of sp³-hybridized carbons (Fsp3) is 0.0909.